The van der Waals surface area contributed by atoms with E-state index in [1.165, 1.54) is 12.1 Å². The zero-order chi connectivity index (χ0) is 15.4. The highest BCUT2D eigenvalue weighted by Crippen LogP contribution is 2.21. The summed E-state index contributed by atoms with van der Waals surface area (Å²) in [5.74, 6) is -0.236. The molecule has 0 atom stereocenters. The van der Waals surface area contributed by atoms with Crippen LogP contribution in [0.25, 0.3) is 0 Å². The molecule has 0 radical (unpaired) electrons. The number of hydrogen-bond donors (Lipinski definition) is 0. The molecule has 0 unspecified atom stereocenters. The Morgan fingerprint density at radius 1 is 1.00 bits per heavy atom. The molecule has 0 amide bonds. The molecule has 3 rings (SSSR count). The Kier molecular flexibility index (Phi) is 4.39. The Morgan fingerprint density at radius 3 is 2.36 bits per heavy atom. The minimum atomic E-state index is -0.236. The zero-order valence-electron chi connectivity index (χ0n) is 11.7. The van der Waals surface area contributed by atoms with Gasteiger partial charge in [-0.05, 0) is 35.4 Å². The molecule has 0 aliphatic carbocycles. The summed E-state index contributed by atoms with van der Waals surface area (Å²) in [6.07, 6.45) is 5.07. The van der Waals surface area contributed by atoms with Gasteiger partial charge in [-0.25, -0.2) is 9.37 Å². The quantitative estimate of drug-likeness (QED) is 0.640. The van der Waals surface area contributed by atoms with Crippen LogP contribution in [0.3, 0.4) is 0 Å². The van der Waals surface area contributed by atoms with E-state index in [0.717, 1.165) is 16.8 Å². The first kappa shape index (κ1) is 14.6. The van der Waals surface area contributed by atoms with Gasteiger partial charge in [0.1, 0.15) is 17.2 Å². The van der Waals surface area contributed by atoms with Gasteiger partial charge >= 0.3 is 0 Å². The molecule has 3 aromatic rings. The second kappa shape index (κ2) is 6.62. The fourth-order valence-electron chi connectivity index (χ4n) is 2.21. The van der Waals surface area contributed by atoms with Crippen LogP contribution in [0.1, 0.15) is 11.1 Å². The Morgan fingerprint density at radius 2 is 1.73 bits per heavy atom. The number of hydrogen-bond acceptors (Lipinski definition) is 3. The molecule has 0 bridgehead atoms. The van der Waals surface area contributed by atoms with Crippen molar-refractivity contribution in [1.82, 2.24) is 4.98 Å². The molecule has 0 spiro atoms. The van der Waals surface area contributed by atoms with Gasteiger partial charge in [0.2, 0.25) is 0 Å². The molecule has 5 heteroatoms. The van der Waals surface area contributed by atoms with Crippen LogP contribution in [0, 0.1) is 5.82 Å². The molecular weight excluding hydrogens is 303 g/mol. The summed E-state index contributed by atoms with van der Waals surface area (Å²) < 4.78 is 18.2. The lowest BCUT2D eigenvalue weighted by Gasteiger charge is -2.23. The molecule has 0 saturated heterocycles. The molecule has 3 nitrogen and oxygen atoms in total. The highest BCUT2D eigenvalue weighted by atomic mass is 35.5. The van der Waals surface area contributed by atoms with Crippen molar-refractivity contribution in [2.45, 2.75) is 13.1 Å². The van der Waals surface area contributed by atoms with E-state index >= 15 is 0 Å². The zero-order valence-corrected chi connectivity index (χ0v) is 12.5. The summed E-state index contributed by atoms with van der Waals surface area (Å²) in [7, 11) is 0. The smallest absolute Gasteiger partial charge is 0.129 e. The minimum absolute atomic E-state index is 0.236. The van der Waals surface area contributed by atoms with Crippen LogP contribution in [-0.4, -0.2) is 4.98 Å². The third kappa shape index (κ3) is 3.65. The third-order valence-corrected chi connectivity index (χ3v) is 3.54. The number of rotatable bonds is 5. The lowest BCUT2D eigenvalue weighted by atomic mass is 10.2. The first-order valence-corrected chi connectivity index (χ1v) is 7.20. The summed E-state index contributed by atoms with van der Waals surface area (Å²) in [6.45, 7) is 1.30. The summed E-state index contributed by atoms with van der Waals surface area (Å²) >= 11 is 5.82. The molecule has 0 saturated carbocycles. The Balaban J connectivity index is 1.81. The largest absolute Gasteiger partial charge is 0.470 e. The second-order valence-corrected chi connectivity index (χ2v) is 5.34. The molecule has 112 valence electrons. The molecule has 1 aromatic carbocycles. The van der Waals surface area contributed by atoms with E-state index in [9.17, 15) is 4.39 Å². The average molecular weight is 317 g/mol. The summed E-state index contributed by atoms with van der Waals surface area (Å²) in [6, 6.07) is 12.1. The van der Waals surface area contributed by atoms with E-state index in [-0.39, 0.29) is 5.82 Å². The average Bonchev–Trinajstić information content (AvgIpc) is 3.05. The van der Waals surface area contributed by atoms with Gasteiger partial charge in [0.15, 0.2) is 0 Å². The van der Waals surface area contributed by atoms with Gasteiger partial charge in [0.05, 0.1) is 12.0 Å². The first-order valence-electron chi connectivity index (χ1n) is 6.83. The number of nitrogens with zero attached hydrogens (tertiary/aromatic N) is 2. The van der Waals surface area contributed by atoms with E-state index in [1.807, 2.05) is 12.1 Å². The Labute approximate surface area is 133 Å². The van der Waals surface area contributed by atoms with Crippen molar-refractivity contribution in [3.05, 3.63) is 83.3 Å². The predicted molar refractivity (Wildman–Crippen MR) is 84.2 cm³/mol. The predicted octanol–water partition coefficient (Wildman–Crippen LogP) is 4.67. The molecule has 22 heavy (non-hydrogen) atoms. The van der Waals surface area contributed by atoms with Crippen molar-refractivity contribution in [3.63, 3.8) is 0 Å². The van der Waals surface area contributed by atoms with Gasteiger partial charge in [-0.3, -0.25) is 0 Å². The highest BCUT2D eigenvalue weighted by molar-refractivity contribution is 6.29. The van der Waals surface area contributed by atoms with E-state index in [1.54, 1.807) is 36.9 Å². The van der Waals surface area contributed by atoms with E-state index in [2.05, 4.69) is 9.88 Å². The summed E-state index contributed by atoms with van der Waals surface area (Å²) in [5.41, 5.74) is 3.01. The Hall–Kier alpha value is -2.33. The fourth-order valence-corrected chi connectivity index (χ4v) is 2.32. The van der Waals surface area contributed by atoms with E-state index in [4.69, 9.17) is 16.0 Å². The highest BCUT2D eigenvalue weighted by Gasteiger charge is 2.10. The number of pyridine rings is 1. The van der Waals surface area contributed by atoms with Crippen LogP contribution in [0.4, 0.5) is 10.1 Å². The van der Waals surface area contributed by atoms with Crippen LogP contribution < -0.4 is 4.90 Å². The minimum Gasteiger partial charge on any atom is -0.470 e. The molecule has 0 aliphatic heterocycles. The number of halogens is 2. The number of anilines is 1. The normalized spacial score (nSPS) is 10.6. The van der Waals surface area contributed by atoms with Crippen molar-refractivity contribution in [1.29, 1.82) is 0 Å². The Bertz CT molecular complexity index is 664. The van der Waals surface area contributed by atoms with Gasteiger partial charge in [-0.1, -0.05) is 29.8 Å². The maximum Gasteiger partial charge on any atom is 0.129 e. The van der Waals surface area contributed by atoms with Gasteiger partial charge in [0.25, 0.3) is 0 Å². The van der Waals surface area contributed by atoms with Crippen LogP contribution in [0.15, 0.2) is 65.6 Å². The van der Waals surface area contributed by atoms with Gasteiger partial charge in [0, 0.05) is 19.3 Å². The third-order valence-electron chi connectivity index (χ3n) is 3.32. The lowest BCUT2D eigenvalue weighted by Crippen LogP contribution is -2.21. The van der Waals surface area contributed by atoms with E-state index in [0.29, 0.717) is 18.2 Å². The van der Waals surface area contributed by atoms with Gasteiger partial charge in [-0.15, -0.1) is 0 Å². The number of aromatic nitrogens is 1. The number of furan rings is 1. The maximum atomic E-state index is 13.0. The van der Waals surface area contributed by atoms with Crippen molar-refractivity contribution in [2.24, 2.45) is 0 Å². The standard InChI is InChI=1S/C17H14ClFN2O/c18-17-6-3-14(9-20-17)11-21(16-7-8-22-12-16)10-13-1-4-15(19)5-2-13/h1-9,12H,10-11H2. The molecule has 2 aromatic heterocycles. The first-order chi connectivity index (χ1) is 10.7. The van der Waals surface area contributed by atoms with Gasteiger partial charge in [-0.2, -0.15) is 0 Å². The van der Waals surface area contributed by atoms with Crippen molar-refractivity contribution >= 4 is 17.3 Å². The molecule has 0 N–H and O–H groups in total. The number of benzene rings is 1. The van der Waals surface area contributed by atoms with Crippen LogP contribution in [0.5, 0.6) is 0 Å². The fraction of sp³-hybridized carbons (Fsp3) is 0.118. The molecular formula is C17H14ClFN2O. The topological polar surface area (TPSA) is 29.3 Å². The molecule has 2 heterocycles. The van der Waals surface area contributed by atoms with Gasteiger partial charge < -0.3 is 9.32 Å². The van der Waals surface area contributed by atoms with E-state index < -0.39 is 0 Å². The second-order valence-electron chi connectivity index (χ2n) is 4.95. The lowest BCUT2D eigenvalue weighted by molar-refractivity contribution is 0.565. The van der Waals surface area contributed by atoms with Crippen LogP contribution in [-0.2, 0) is 13.1 Å². The van der Waals surface area contributed by atoms with Crippen molar-refractivity contribution < 1.29 is 8.81 Å². The monoisotopic (exact) mass is 316 g/mol. The van der Waals surface area contributed by atoms with Crippen molar-refractivity contribution in [3.8, 4) is 0 Å². The van der Waals surface area contributed by atoms with Crippen LogP contribution in [0.2, 0.25) is 5.15 Å². The summed E-state index contributed by atoms with van der Waals surface area (Å²) in [4.78, 5) is 6.22. The maximum absolute atomic E-state index is 13.0. The van der Waals surface area contributed by atoms with Crippen molar-refractivity contribution in [2.75, 3.05) is 4.90 Å². The SMILES string of the molecule is Fc1ccc(CN(Cc2ccc(Cl)nc2)c2ccoc2)cc1. The van der Waals surface area contributed by atoms with Crippen LogP contribution >= 0.6 is 11.6 Å². The molecule has 0 aliphatic rings. The molecule has 0 fully saturated rings. The summed E-state index contributed by atoms with van der Waals surface area (Å²) in [5, 5.41) is 0.470.